The molecule has 1 fully saturated rings. The lowest BCUT2D eigenvalue weighted by Gasteiger charge is -2.46. The Kier molecular flexibility index (Phi) is 2.86. The largest absolute Gasteiger partial charge is 0.492 e. The molecule has 0 amide bonds. The van der Waals surface area contributed by atoms with Crippen molar-refractivity contribution in [3.05, 3.63) is 53.3 Å². The molecule has 2 aromatic rings. The quantitative estimate of drug-likeness (QED) is 0.867. The van der Waals surface area contributed by atoms with Crippen molar-refractivity contribution in [2.24, 2.45) is 0 Å². The summed E-state index contributed by atoms with van der Waals surface area (Å²) >= 11 is 0. The lowest BCUT2D eigenvalue weighted by Crippen LogP contribution is -2.48. The second-order valence-electron chi connectivity index (χ2n) is 6.94. The molecule has 3 aliphatic rings. The van der Waals surface area contributed by atoms with Crippen molar-refractivity contribution in [2.75, 3.05) is 33.5 Å². The summed E-state index contributed by atoms with van der Waals surface area (Å²) in [6, 6.07) is 10.8. The molecular formula is C19H18FNO3. The van der Waals surface area contributed by atoms with Crippen molar-refractivity contribution in [1.29, 1.82) is 0 Å². The van der Waals surface area contributed by atoms with Crippen molar-refractivity contribution in [3.8, 4) is 17.2 Å². The molecule has 4 nitrogen and oxygen atoms in total. The molecule has 2 heterocycles. The normalized spacial score (nSPS) is 26.7. The van der Waals surface area contributed by atoms with Crippen molar-refractivity contribution in [1.82, 2.24) is 4.90 Å². The van der Waals surface area contributed by atoms with E-state index in [1.807, 2.05) is 24.3 Å². The zero-order valence-corrected chi connectivity index (χ0v) is 13.4. The first kappa shape index (κ1) is 14.1. The summed E-state index contributed by atoms with van der Waals surface area (Å²) in [5, 5.41) is 0. The van der Waals surface area contributed by atoms with Crippen LogP contribution in [0.5, 0.6) is 17.2 Å². The lowest BCUT2D eigenvalue weighted by molar-refractivity contribution is 0.172. The molecule has 2 aliphatic heterocycles. The van der Waals surface area contributed by atoms with Crippen LogP contribution in [0, 0.1) is 5.82 Å². The molecule has 0 bridgehead atoms. The van der Waals surface area contributed by atoms with Crippen LogP contribution in [0.1, 0.15) is 17.0 Å². The number of halogens is 1. The molecule has 5 rings (SSSR count). The van der Waals surface area contributed by atoms with Crippen molar-refractivity contribution in [3.63, 3.8) is 0 Å². The molecule has 0 unspecified atom stereocenters. The number of hydrogen-bond acceptors (Lipinski definition) is 4. The smallest absolute Gasteiger partial charge is 0.231 e. The number of fused-ring (bicyclic) bond motifs is 5. The molecule has 0 spiro atoms. The monoisotopic (exact) mass is 327 g/mol. The van der Waals surface area contributed by atoms with Crippen molar-refractivity contribution < 1.29 is 18.6 Å². The van der Waals surface area contributed by atoms with E-state index in [-0.39, 0.29) is 18.0 Å². The number of rotatable bonds is 3. The van der Waals surface area contributed by atoms with Crippen LogP contribution in [0.15, 0.2) is 36.4 Å². The van der Waals surface area contributed by atoms with Crippen LogP contribution in [-0.2, 0) is 5.41 Å². The van der Waals surface area contributed by atoms with Gasteiger partial charge in [0.1, 0.15) is 11.6 Å². The standard InChI is InChI=1S/C19H18FNO3/c1-21-8-16-14-6-12(20)2-4-15(14)19(16,9-21)10-22-13-3-5-17-18(7-13)24-11-23-17/h2-7,16H,8-11H2,1H3/t16-,19-/m0/s1. The molecule has 24 heavy (non-hydrogen) atoms. The molecule has 0 aromatic heterocycles. The van der Waals surface area contributed by atoms with Crippen LogP contribution in [0.4, 0.5) is 4.39 Å². The van der Waals surface area contributed by atoms with Gasteiger partial charge in [0.2, 0.25) is 6.79 Å². The molecule has 0 saturated carbocycles. The first-order valence-electron chi connectivity index (χ1n) is 8.17. The maximum Gasteiger partial charge on any atom is 0.231 e. The maximum atomic E-state index is 13.6. The van der Waals surface area contributed by atoms with E-state index in [0.717, 1.165) is 35.9 Å². The topological polar surface area (TPSA) is 30.9 Å². The molecular weight excluding hydrogens is 309 g/mol. The third kappa shape index (κ3) is 1.88. The van der Waals surface area contributed by atoms with E-state index in [2.05, 4.69) is 11.9 Å². The second-order valence-corrected chi connectivity index (χ2v) is 6.94. The van der Waals surface area contributed by atoms with Gasteiger partial charge in [-0.05, 0) is 42.4 Å². The van der Waals surface area contributed by atoms with E-state index in [9.17, 15) is 4.39 Å². The summed E-state index contributed by atoms with van der Waals surface area (Å²) in [4.78, 5) is 2.30. The average molecular weight is 327 g/mol. The summed E-state index contributed by atoms with van der Waals surface area (Å²) in [5.74, 6) is 2.43. The fraction of sp³-hybridized carbons (Fsp3) is 0.368. The Labute approximate surface area is 139 Å². The second kappa shape index (κ2) is 4.86. The Balaban J connectivity index is 1.42. The van der Waals surface area contributed by atoms with Crippen LogP contribution >= 0.6 is 0 Å². The Hall–Kier alpha value is -2.27. The van der Waals surface area contributed by atoms with Gasteiger partial charge < -0.3 is 19.1 Å². The Morgan fingerprint density at radius 1 is 1.21 bits per heavy atom. The molecule has 1 aliphatic carbocycles. The van der Waals surface area contributed by atoms with Gasteiger partial charge in [-0.15, -0.1) is 0 Å². The van der Waals surface area contributed by atoms with Gasteiger partial charge in [0.15, 0.2) is 11.5 Å². The minimum Gasteiger partial charge on any atom is -0.492 e. The highest BCUT2D eigenvalue weighted by molar-refractivity contribution is 5.53. The maximum absolute atomic E-state index is 13.6. The lowest BCUT2D eigenvalue weighted by atomic mass is 9.58. The zero-order chi connectivity index (χ0) is 16.3. The first-order valence-corrected chi connectivity index (χ1v) is 8.17. The van der Waals surface area contributed by atoms with Gasteiger partial charge in [0.25, 0.3) is 0 Å². The summed E-state index contributed by atoms with van der Waals surface area (Å²) in [5.41, 5.74) is 2.31. The Morgan fingerprint density at radius 3 is 3.00 bits per heavy atom. The fourth-order valence-corrected chi connectivity index (χ4v) is 4.41. The van der Waals surface area contributed by atoms with E-state index in [1.165, 1.54) is 5.56 Å². The number of ether oxygens (including phenoxy) is 3. The molecule has 2 aromatic carbocycles. The molecule has 2 atom stereocenters. The van der Waals surface area contributed by atoms with Gasteiger partial charge in [-0.2, -0.15) is 0 Å². The van der Waals surface area contributed by atoms with Gasteiger partial charge in [0.05, 0.1) is 12.0 Å². The molecule has 5 heteroatoms. The van der Waals surface area contributed by atoms with Crippen LogP contribution in [-0.4, -0.2) is 38.4 Å². The van der Waals surface area contributed by atoms with Gasteiger partial charge in [-0.3, -0.25) is 0 Å². The Morgan fingerprint density at radius 2 is 2.08 bits per heavy atom. The minimum absolute atomic E-state index is 0.0475. The van der Waals surface area contributed by atoms with Crippen LogP contribution < -0.4 is 14.2 Å². The third-order valence-corrected chi connectivity index (χ3v) is 5.48. The number of benzene rings is 2. The zero-order valence-electron chi connectivity index (χ0n) is 13.4. The first-order chi connectivity index (χ1) is 11.7. The average Bonchev–Trinajstić information content (AvgIpc) is 3.14. The summed E-state index contributed by atoms with van der Waals surface area (Å²) in [7, 11) is 2.11. The van der Waals surface area contributed by atoms with E-state index in [1.54, 1.807) is 12.1 Å². The predicted octanol–water partition coefficient (Wildman–Crippen LogP) is 2.91. The van der Waals surface area contributed by atoms with E-state index in [0.29, 0.717) is 12.5 Å². The van der Waals surface area contributed by atoms with Gasteiger partial charge in [-0.25, -0.2) is 4.39 Å². The van der Waals surface area contributed by atoms with Crippen LogP contribution in [0.25, 0.3) is 0 Å². The van der Waals surface area contributed by atoms with E-state index < -0.39 is 0 Å². The summed E-state index contributed by atoms with van der Waals surface area (Å²) in [6.45, 7) is 2.72. The van der Waals surface area contributed by atoms with Crippen molar-refractivity contribution >= 4 is 0 Å². The third-order valence-electron chi connectivity index (χ3n) is 5.48. The number of hydrogen-bond donors (Lipinski definition) is 0. The summed E-state index contributed by atoms with van der Waals surface area (Å²) in [6.07, 6.45) is 0. The number of likely N-dealkylation sites (N-methyl/N-ethyl adjacent to an activating group) is 1. The molecule has 0 N–H and O–H groups in total. The van der Waals surface area contributed by atoms with E-state index >= 15 is 0 Å². The number of nitrogens with zero attached hydrogens (tertiary/aromatic N) is 1. The predicted molar refractivity (Wildman–Crippen MR) is 86.4 cm³/mol. The SMILES string of the molecule is CN1C[C@H]2c3cc(F)ccc3[C@@]2(COc2ccc3c(c2)OCO3)C1. The minimum atomic E-state index is -0.159. The van der Waals surface area contributed by atoms with E-state index in [4.69, 9.17) is 14.2 Å². The summed E-state index contributed by atoms with van der Waals surface area (Å²) < 4.78 is 30.4. The highest BCUT2D eigenvalue weighted by Gasteiger charge is 2.57. The van der Waals surface area contributed by atoms with Gasteiger partial charge in [0, 0.05) is 25.1 Å². The highest BCUT2D eigenvalue weighted by atomic mass is 19.1. The fourth-order valence-electron chi connectivity index (χ4n) is 4.41. The molecule has 1 saturated heterocycles. The van der Waals surface area contributed by atoms with Crippen LogP contribution in [0.2, 0.25) is 0 Å². The number of likely N-dealkylation sites (tertiary alicyclic amines) is 1. The highest BCUT2D eigenvalue weighted by Crippen LogP contribution is 2.56. The van der Waals surface area contributed by atoms with Crippen molar-refractivity contribution in [2.45, 2.75) is 11.3 Å². The Bertz CT molecular complexity index is 824. The van der Waals surface area contributed by atoms with Gasteiger partial charge in [-0.1, -0.05) is 6.07 Å². The van der Waals surface area contributed by atoms with Gasteiger partial charge >= 0.3 is 0 Å². The molecule has 124 valence electrons. The molecule has 0 radical (unpaired) electrons. The van der Waals surface area contributed by atoms with Crippen LogP contribution in [0.3, 0.4) is 0 Å².